The molecule has 0 aliphatic heterocycles. The summed E-state index contributed by atoms with van der Waals surface area (Å²) in [5.74, 6) is 0.842. The second-order valence-corrected chi connectivity index (χ2v) is 8.02. The fourth-order valence-corrected chi connectivity index (χ4v) is 3.86. The number of thiophene rings is 1. The van der Waals surface area contributed by atoms with Crippen LogP contribution in [-0.4, -0.2) is 27.8 Å². The second-order valence-electron chi connectivity index (χ2n) is 6.16. The van der Waals surface area contributed by atoms with Gasteiger partial charge >= 0.3 is 0 Å². The molecule has 1 N–H and O–H groups in total. The van der Waals surface area contributed by atoms with Crippen molar-refractivity contribution in [1.29, 1.82) is 0 Å². The predicted molar refractivity (Wildman–Crippen MR) is 102 cm³/mol. The number of thioether (sulfide) groups is 1. The summed E-state index contributed by atoms with van der Waals surface area (Å²) in [4.78, 5) is 29.2. The van der Waals surface area contributed by atoms with E-state index in [0.29, 0.717) is 28.9 Å². The lowest BCUT2D eigenvalue weighted by Gasteiger charge is -2.12. The van der Waals surface area contributed by atoms with Crippen molar-refractivity contribution < 1.29 is 4.79 Å². The van der Waals surface area contributed by atoms with Crippen LogP contribution in [0.25, 0.3) is 10.2 Å². The van der Waals surface area contributed by atoms with Crippen molar-refractivity contribution in [3.05, 3.63) is 21.8 Å². The van der Waals surface area contributed by atoms with Crippen LogP contribution in [0.1, 0.15) is 40.0 Å². The smallest absolute Gasteiger partial charge is 0.272 e. The van der Waals surface area contributed by atoms with Gasteiger partial charge in [-0.05, 0) is 30.2 Å². The summed E-state index contributed by atoms with van der Waals surface area (Å²) in [6, 6.07) is 1.86. The van der Waals surface area contributed by atoms with Gasteiger partial charge in [0.25, 0.3) is 5.56 Å². The molecule has 0 aliphatic rings. The third-order valence-electron chi connectivity index (χ3n) is 3.64. The Labute approximate surface area is 150 Å². The molecule has 24 heavy (non-hydrogen) atoms. The van der Waals surface area contributed by atoms with Crippen molar-refractivity contribution in [3.8, 4) is 0 Å². The van der Waals surface area contributed by atoms with E-state index >= 15 is 0 Å². The largest absolute Gasteiger partial charge is 0.355 e. The minimum absolute atomic E-state index is 0.00571. The molecular weight excluding hydrogens is 342 g/mol. The SMILES string of the molecule is CCCCn1c(SCC(=O)NCCC(C)C)nc2ccsc2c1=O. The van der Waals surface area contributed by atoms with Crippen LogP contribution in [0, 0.1) is 5.92 Å². The maximum atomic E-state index is 12.6. The maximum Gasteiger partial charge on any atom is 0.272 e. The molecule has 0 aromatic carbocycles. The average Bonchev–Trinajstić information content (AvgIpc) is 3.00. The molecule has 2 aromatic heterocycles. The number of aromatic nitrogens is 2. The van der Waals surface area contributed by atoms with E-state index < -0.39 is 0 Å². The number of hydrogen-bond donors (Lipinski definition) is 1. The van der Waals surface area contributed by atoms with Crippen LogP contribution in [0.4, 0.5) is 0 Å². The van der Waals surface area contributed by atoms with Gasteiger partial charge in [-0.25, -0.2) is 4.98 Å². The first kappa shape index (κ1) is 19.0. The van der Waals surface area contributed by atoms with Gasteiger partial charge in [0.1, 0.15) is 4.70 Å². The molecule has 132 valence electrons. The van der Waals surface area contributed by atoms with E-state index in [4.69, 9.17) is 0 Å². The maximum absolute atomic E-state index is 12.6. The highest BCUT2D eigenvalue weighted by Crippen LogP contribution is 2.21. The van der Waals surface area contributed by atoms with Gasteiger partial charge in [0.05, 0.1) is 11.3 Å². The standard InChI is InChI=1S/C17H25N3O2S2/c1-4-5-9-20-16(22)15-13(7-10-23-15)19-17(20)24-11-14(21)18-8-6-12(2)3/h7,10,12H,4-6,8-9,11H2,1-3H3,(H,18,21). The topological polar surface area (TPSA) is 64.0 Å². The van der Waals surface area contributed by atoms with E-state index in [9.17, 15) is 9.59 Å². The predicted octanol–water partition coefficient (Wildman–Crippen LogP) is 3.51. The Hall–Kier alpha value is -1.34. The summed E-state index contributed by atoms with van der Waals surface area (Å²) in [5.41, 5.74) is 0.728. The first-order valence-electron chi connectivity index (χ1n) is 8.40. The van der Waals surface area contributed by atoms with E-state index in [1.54, 1.807) is 4.57 Å². The van der Waals surface area contributed by atoms with Gasteiger partial charge in [-0.15, -0.1) is 11.3 Å². The van der Waals surface area contributed by atoms with Crippen LogP contribution in [-0.2, 0) is 11.3 Å². The molecule has 0 spiro atoms. The summed E-state index contributed by atoms with van der Waals surface area (Å²) < 4.78 is 2.41. The third kappa shape index (κ3) is 5.08. The van der Waals surface area contributed by atoms with E-state index in [1.807, 2.05) is 11.4 Å². The fourth-order valence-electron chi connectivity index (χ4n) is 2.23. The van der Waals surface area contributed by atoms with Crippen LogP contribution < -0.4 is 10.9 Å². The van der Waals surface area contributed by atoms with Crippen LogP contribution in [0.3, 0.4) is 0 Å². The molecule has 5 nitrogen and oxygen atoms in total. The molecule has 0 unspecified atom stereocenters. The molecule has 0 atom stereocenters. The van der Waals surface area contributed by atoms with E-state index in [0.717, 1.165) is 24.8 Å². The lowest BCUT2D eigenvalue weighted by Crippen LogP contribution is -2.28. The second kappa shape index (κ2) is 9.22. The zero-order chi connectivity index (χ0) is 17.5. The zero-order valence-electron chi connectivity index (χ0n) is 14.5. The summed E-state index contributed by atoms with van der Waals surface area (Å²) in [6.07, 6.45) is 2.90. The minimum Gasteiger partial charge on any atom is -0.355 e. The van der Waals surface area contributed by atoms with Crippen molar-refractivity contribution in [2.24, 2.45) is 5.92 Å². The molecule has 0 saturated carbocycles. The highest BCUT2D eigenvalue weighted by molar-refractivity contribution is 7.99. The van der Waals surface area contributed by atoms with E-state index in [2.05, 4.69) is 31.1 Å². The number of carbonyl (C=O) groups is 1. The molecule has 0 bridgehead atoms. The first-order chi connectivity index (χ1) is 11.5. The van der Waals surface area contributed by atoms with Crippen LogP contribution >= 0.6 is 23.1 Å². The fraction of sp³-hybridized carbons (Fsp3) is 0.588. The molecule has 1 amide bonds. The van der Waals surface area contributed by atoms with Crippen molar-refractivity contribution in [2.45, 2.75) is 51.7 Å². The summed E-state index contributed by atoms with van der Waals surface area (Å²) >= 11 is 2.77. The normalized spacial score (nSPS) is 11.3. The Morgan fingerprint density at radius 2 is 2.25 bits per heavy atom. The monoisotopic (exact) mass is 367 g/mol. The zero-order valence-corrected chi connectivity index (χ0v) is 16.1. The van der Waals surface area contributed by atoms with Gasteiger partial charge < -0.3 is 5.32 Å². The lowest BCUT2D eigenvalue weighted by atomic mass is 10.1. The number of unbranched alkanes of at least 4 members (excludes halogenated alkanes) is 1. The van der Waals surface area contributed by atoms with E-state index in [1.165, 1.54) is 23.1 Å². The Balaban J connectivity index is 2.09. The third-order valence-corrected chi connectivity index (χ3v) is 5.51. The van der Waals surface area contributed by atoms with Gasteiger partial charge in [-0.2, -0.15) is 0 Å². The minimum atomic E-state index is -0.0117. The number of carbonyl (C=O) groups excluding carboxylic acids is 1. The molecule has 2 aromatic rings. The molecule has 2 rings (SSSR count). The van der Waals surface area contributed by atoms with Gasteiger partial charge in [0.15, 0.2) is 5.16 Å². The number of nitrogens with one attached hydrogen (secondary N) is 1. The number of nitrogens with zero attached hydrogens (tertiary/aromatic N) is 2. The molecule has 0 saturated heterocycles. The number of amides is 1. The molecule has 0 fully saturated rings. The quantitative estimate of drug-likeness (QED) is 0.544. The number of fused-ring (bicyclic) bond motifs is 1. The van der Waals surface area contributed by atoms with Crippen molar-refractivity contribution >= 4 is 39.2 Å². The van der Waals surface area contributed by atoms with Crippen molar-refractivity contribution in [3.63, 3.8) is 0 Å². The number of rotatable bonds is 9. The van der Waals surface area contributed by atoms with Crippen LogP contribution in [0.2, 0.25) is 0 Å². The van der Waals surface area contributed by atoms with Gasteiger partial charge in [-0.3, -0.25) is 14.2 Å². The van der Waals surface area contributed by atoms with Crippen molar-refractivity contribution in [2.75, 3.05) is 12.3 Å². The number of hydrogen-bond acceptors (Lipinski definition) is 5. The summed E-state index contributed by atoms with van der Waals surface area (Å²) in [6.45, 7) is 7.70. The first-order valence-corrected chi connectivity index (χ1v) is 10.3. The average molecular weight is 368 g/mol. The lowest BCUT2D eigenvalue weighted by molar-refractivity contribution is -0.118. The molecular formula is C17H25N3O2S2. The molecule has 7 heteroatoms. The Morgan fingerprint density at radius 1 is 1.46 bits per heavy atom. The summed E-state index contributed by atoms with van der Waals surface area (Å²) in [7, 11) is 0. The molecule has 0 aliphatic carbocycles. The highest BCUT2D eigenvalue weighted by Gasteiger charge is 2.13. The Bertz CT molecular complexity index is 737. The van der Waals surface area contributed by atoms with Gasteiger partial charge in [0.2, 0.25) is 5.91 Å². The highest BCUT2D eigenvalue weighted by atomic mass is 32.2. The molecule has 0 radical (unpaired) electrons. The van der Waals surface area contributed by atoms with Gasteiger partial charge in [0, 0.05) is 13.1 Å². The Kier molecular flexibility index (Phi) is 7.30. The van der Waals surface area contributed by atoms with E-state index in [-0.39, 0.29) is 17.2 Å². The van der Waals surface area contributed by atoms with Gasteiger partial charge in [-0.1, -0.05) is 39.0 Å². The van der Waals surface area contributed by atoms with Crippen molar-refractivity contribution in [1.82, 2.24) is 14.9 Å². The van der Waals surface area contributed by atoms with Crippen LogP contribution in [0.15, 0.2) is 21.4 Å². The van der Waals surface area contributed by atoms with Crippen LogP contribution in [0.5, 0.6) is 0 Å². The Morgan fingerprint density at radius 3 is 2.96 bits per heavy atom. The summed E-state index contributed by atoms with van der Waals surface area (Å²) in [5, 5.41) is 5.44. The molecule has 2 heterocycles.